The second-order valence-electron chi connectivity index (χ2n) is 3.38. The maximum absolute atomic E-state index is 9.60. The topological polar surface area (TPSA) is 74.6 Å². The van der Waals surface area contributed by atoms with Gasteiger partial charge in [0.2, 0.25) is 0 Å². The minimum atomic E-state index is -0.935. The summed E-state index contributed by atoms with van der Waals surface area (Å²) in [4.78, 5) is 19.2. The fourth-order valence-electron chi connectivity index (χ4n) is 0. The van der Waals surface area contributed by atoms with Gasteiger partial charge in [0.05, 0.1) is 0 Å². The maximum Gasteiger partial charge on any atom is 0.330 e. The van der Waals surface area contributed by atoms with Crippen molar-refractivity contribution in [2.24, 2.45) is 0 Å². The first-order chi connectivity index (χ1) is 8.02. The lowest BCUT2D eigenvalue weighted by atomic mass is 10.4. The summed E-state index contributed by atoms with van der Waals surface area (Å²) in [5, 5.41) is 15.8. The zero-order chi connectivity index (χ0) is 15.9. The van der Waals surface area contributed by atoms with Crippen LogP contribution in [0.4, 0.5) is 0 Å². The lowest BCUT2D eigenvalue weighted by Crippen LogP contribution is -1.92. The lowest BCUT2D eigenvalue weighted by Gasteiger charge is -1.79. The molecule has 0 bridgehead atoms. The van der Waals surface area contributed by atoms with Gasteiger partial charge in [-0.1, -0.05) is 18.7 Å². The summed E-state index contributed by atoms with van der Waals surface area (Å²) in [5.41, 5.74) is 1.52. The highest BCUT2D eigenvalue weighted by atomic mass is 16.4. The van der Waals surface area contributed by atoms with Crippen LogP contribution in [0, 0.1) is 0 Å². The Kier molecular flexibility index (Phi) is 24.0. The zero-order valence-corrected chi connectivity index (χ0v) is 11.7. The highest BCUT2D eigenvalue weighted by Gasteiger charge is 1.90. The molecule has 4 nitrogen and oxygen atoms in total. The molecule has 0 radical (unpaired) electrons. The molecule has 0 aromatic rings. The van der Waals surface area contributed by atoms with E-state index in [9.17, 15) is 9.59 Å². The Balaban J connectivity index is -0.0000000777. The minimum Gasteiger partial charge on any atom is -0.478 e. The summed E-state index contributed by atoms with van der Waals surface area (Å²) < 4.78 is 0. The molecule has 0 aromatic heterocycles. The molecule has 0 amide bonds. The van der Waals surface area contributed by atoms with E-state index >= 15 is 0 Å². The van der Waals surface area contributed by atoms with Gasteiger partial charge in [-0.05, 0) is 27.7 Å². The van der Waals surface area contributed by atoms with Crippen LogP contribution in [0.15, 0.2) is 49.6 Å². The summed E-state index contributed by atoms with van der Waals surface area (Å²) >= 11 is 0. The Morgan fingerprint density at radius 3 is 0.778 bits per heavy atom. The third-order valence-corrected chi connectivity index (χ3v) is 0.730. The molecular weight excluding hydrogens is 232 g/mol. The number of allylic oxidation sites excluding steroid dienone is 1. The number of rotatable bonds is 2. The van der Waals surface area contributed by atoms with E-state index in [1.54, 1.807) is 0 Å². The molecule has 0 spiro atoms. The van der Waals surface area contributed by atoms with E-state index < -0.39 is 11.9 Å². The highest BCUT2D eigenvalue weighted by molar-refractivity contribution is 5.85. The molecule has 0 aliphatic heterocycles. The van der Waals surface area contributed by atoms with Gasteiger partial charge in [0.15, 0.2) is 0 Å². The van der Waals surface area contributed by atoms with Crippen molar-refractivity contribution >= 4 is 11.9 Å². The summed E-state index contributed by atoms with van der Waals surface area (Å²) in [6.07, 6.45) is 0. The largest absolute Gasteiger partial charge is 0.478 e. The summed E-state index contributed by atoms with van der Waals surface area (Å²) in [6.45, 7) is 22.7. The number of hydrogen-bond donors (Lipinski definition) is 2. The minimum absolute atomic E-state index is 0.176. The third kappa shape index (κ3) is 66.4. The van der Waals surface area contributed by atoms with Gasteiger partial charge >= 0.3 is 11.9 Å². The molecule has 18 heavy (non-hydrogen) atoms. The number of carbonyl (C=O) groups is 2. The zero-order valence-electron chi connectivity index (χ0n) is 11.7. The van der Waals surface area contributed by atoms with E-state index in [2.05, 4.69) is 32.9 Å². The van der Waals surface area contributed by atoms with Crippen molar-refractivity contribution in [1.29, 1.82) is 0 Å². The van der Waals surface area contributed by atoms with Crippen LogP contribution in [0.25, 0.3) is 0 Å². The normalized spacial score (nSPS) is 6.67. The van der Waals surface area contributed by atoms with Crippen molar-refractivity contribution in [3.05, 3.63) is 49.6 Å². The van der Waals surface area contributed by atoms with Crippen LogP contribution in [0.1, 0.15) is 27.7 Å². The molecule has 0 saturated carbocycles. The van der Waals surface area contributed by atoms with Gasteiger partial charge in [0.25, 0.3) is 0 Å². The Morgan fingerprint density at radius 2 is 0.778 bits per heavy atom. The molecule has 4 heteroatoms. The van der Waals surface area contributed by atoms with Crippen LogP contribution in [-0.2, 0) is 9.59 Å². The van der Waals surface area contributed by atoms with E-state index in [4.69, 9.17) is 10.2 Å². The molecule has 0 heterocycles. The number of aliphatic carboxylic acids is 2. The van der Waals surface area contributed by atoms with Gasteiger partial charge in [-0.2, -0.15) is 0 Å². The number of carboxylic acids is 2. The molecular formula is C14H24O4. The Bertz CT molecular complexity index is 249. The van der Waals surface area contributed by atoms with Crippen molar-refractivity contribution in [3.8, 4) is 0 Å². The first-order valence-corrected chi connectivity index (χ1v) is 4.92. The van der Waals surface area contributed by atoms with E-state index in [-0.39, 0.29) is 11.1 Å². The molecule has 104 valence electrons. The SMILES string of the molecule is C=C.C=C(C)C.C=C(C)C(=O)O.C=C(C)C(=O)O. The van der Waals surface area contributed by atoms with Crippen molar-refractivity contribution in [2.45, 2.75) is 27.7 Å². The monoisotopic (exact) mass is 256 g/mol. The summed E-state index contributed by atoms with van der Waals surface area (Å²) in [7, 11) is 0. The van der Waals surface area contributed by atoms with Gasteiger partial charge in [0.1, 0.15) is 0 Å². The van der Waals surface area contributed by atoms with Crippen molar-refractivity contribution < 1.29 is 19.8 Å². The van der Waals surface area contributed by atoms with Crippen LogP contribution < -0.4 is 0 Å². The highest BCUT2D eigenvalue weighted by Crippen LogP contribution is 1.81. The predicted octanol–water partition coefficient (Wildman–Crippen LogP) is 3.68. The van der Waals surface area contributed by atoms with Crippen LogP contribution in [0.5, 0.6) is 0 Å². The van der Waals surface area contributed by atoms with Crippen LogP contribution in [0.2, 0.25) is 0 Å². The first kappa shape index (κ1) is 24.9. The average Bonchev–Trinajstić information content (AvgIpc) is 2.20. The van der Waals surface area contributed by atoms with Crippen LogP contribution in [0.3, 0.4) is 0 Å². The maximum atomic E-state index is 9.60. The molecule has 0 fully saturated rings. The number of carboxylic acid groups (broad SMARTS) is 2. The fraction of sp³-hybridized carbons (Fsp3) is 0.286. The van der Waals surface area contributed by atoms with E-state index in [0.29, 0.717) is 0 Å². The van der Waals surface area contributed by atoms with Crippen molar-refractivity contribution in [3.63, 3.8) is 0 Å². The summed E-state index contributed by atoms with van der Waals surface area (Å²) in [6, 6.07) is 0. The van der Waals surface area contributed by atoms with Crippen LogP contribution >= 0.6 is 0 Å². The Morgan fingerprint density at radius 1 is 0.722 bits per heavy atom. The molecule has 0 rings (SSSR count). The Labute approximate surface area is 110 Å². The smallest absolute Gasteiger partial charge is 0.330 e. The molecule has 0 aliphatic rings. The van der Waals surface area contributed by atoms with Gasteiger partial charge in [-0.15, -0.1) is 19.7 Å². The fourth-order valence-corrected chi connectivity index (χ4v) is 0. The van der Waals surface area contributed by atoms with Gasteiger partial charge < -0.3 is 10.2 Å². The van der Waals surface area contributed by atoms with Gasteiger partial charge in [-0.25, -0.2) is 9.59 Å². The third-order valence-electron chi connectivity index (χ3n) is 0.730. The molecule has 0 aliphatic carbocycles. The quantitative estimate of drug-likeness (QED) is 0.583. The second-order valence-corrected chi connectivity index (χ2v) is 3.38. The van der Waals surface area contributed by atoms with E-state index in [0.717, 1.165) is 0 Å². The molecule has 0 unspecified atom stereocenters. The second kappa shape index (κ2) is 17.3. The van der Waals surface area contributed by atoms with Crippen molar-refractivity contribution in [1.82, 2.24) is 0 Å². The van der Waals surface area contributed by atoms with E-state index in [1.165, 1.54) is 19.4 Å². The van der Waals surface area contributed by atoms with Gasteiger partial charge in [-0.3, -0.25) is 0 Å². The molecule has 0 aromatic carbocycles. The summed E-state index contributed by atoms with van der Waals surface area (Å²) in [5.74, 6) is -1.87. The van der Waals surface area contributed by atoms with Crippen molar-refractivity contribution in [2.75, 3.05) is 0 Å². The van der Waals surface area contributed by atoms with E-state index in [1.807, 2.05) is 13.8 Å². The van der Waals surface area contributed by atoms with Crippen LogP contribution in [-0.4, -0.2) is 22.2 Å². The number of hydrogen-bond acceptors (Lipinski definition) is 2. The molecule has 0 atom stereocenters. The average molecular weight is 256 g/mol. The molecule has 0 saturated heterocycles. The van der Waals surface area contributed by atoms with Gasteiger partial charge in [0, 0.05) is 11.1 Å². The lowest BCUT2D eigenvalue weighted by molar-refractivity contribution is -0.133. The molecule has 2 N–H and O–H groups in total. The standard InChI is InChI=1S/2C4H6O2.C4H8.C2H4/c2*1-3(2)4(5)6;1-4(2)3;1-2/h2*1H2,2H3,(H,5,6);1H2,2-3H3;1-2H2. The predicted molar refractivity (Wildman–Crippen MR) is 76.6 cm³/mol. The Hall–Kier alpha value is -2.10. The first-order valence-electron chi connectivity index (χ1n) is 4.92.